The number of anilines is 1. The molecule has 0 fully saturated rings. The lowest BCUT2D eigenvalue weighted by molar-refractivity contribution is 0.606. The van der Waals surface area contributed by atoms with Gasteiger partial charge in [-0.3, -0.25) is 9.71 Å². The summed E-state index contributed by atoms with van der Waals surface area (Å²) in [7, 11) is -3.49. The van der Waals surface area contributed by atoms with Crippen LogP contribution in [-0.4, -0.2) is 33.6 Å². The molecule has 2 N–H and O–H groups in total. The Morgan fingerprint density at radius 1 is 1.53 bits per heavy atom. The molecule has 0 spiro atoms. The van der Waals surface area contributed by atoms with Crippen molar-refractivity contribution in [3.05, 3.63) is 28.5 Å². The molecular formula is C11H13ClFN3O2S. The van der Waals surface area contributed by atoms with Crippen molar-refractivity contribution in [2.45, 2.75) is 6.42 Å². The van der Waals surface area contributed by atoms with E-state index in [4.69, 9.17) is 11.6 Å². The maximum Gasteiger partial charge on any atom is 0.229 e. The second-order valence-electron chi connectivity index (χ2n) is 4.23. The second kappa shape index (κ2) is 5.34. The highest BCUT2D eigenvalue weighted by Crippen LogP contribution is 2.26. The number of halogens is 2. The molecule has 5 nitrogen and oxygen atoms in total. The van der Waals surface area contributed by atoms with Gasteiger partial charge in [-0.1, -0.05) is 11.6 Å². The Balaban J connectivity index is 2.26. The summed E-state index contributed by atoms with van der Waals surface area (Å²) < 4.78 is 38.3. The highest BCUT2D eigenvalue weighted by atomic mass is 35.5. The van der Waals surface area contributed by atoms with Gasteiger partial charge in [0, 0.05) is 13.0 Å². The Bertz CT molecular complexity index is 631. The number of benzene rings is 1. The SMILES string of the molecule is CS(=O)(=O)Nc1cc(F)c(CC2=NCCN2)cc1Cl. The van der Waals surface area contributed by atoms with Crippen LogP contribution in [0.15, 0.2) is 17.1 Å². The Hall–Kier alpha value is -1.34. The van der Waals surface area contributed by atoms with E-state index in [1.807, 2.05) is 0 Å². The van der Waals surface area contributed by atoms with E-state index >= 15 is 0 Å². The lowest BCUT2D eigenvalue weighted by Gasteiger charge is -2.10. The quantitative estimate of drug-likeness (QED) is 0.883. The fourth-order valence-electron chi connectivity index (χ4n) is 1.75. The van der Waals surface area contributed by atoms with Gasteiger partial charge in [0.1, 0.15) is 11.7 Å². The van der Waals surface area contributed by atoms with E-state index in [1.54, 1.807) is 0 Å². The van der Waals surface area contributed by atoms with Gasteiger partial charge in [-0.2, -0.15) is 0 Å². The van der Waals surface area contributed by atoms with Gasteiger partial charge in [0.25, 0.3) is 0 Å². The van der Waals surface area contributed by atoms with Crippen LogP contribution in [0.4, 0.5) is 10.1 Å². The van der Waals surface area contributed by atoms with Gasteiger partial charge in [-0.15, -0.1) is 0 Å². The molecule has 0 atom stereocenters. The summed E-state index contributed by atoms with van der Waals surface area (Å²) >= 11 is 5.94. The highest BCUT2D eigenvalue weighted by Gasteiger charge is 2.14. The smallest absolute Gasteiger partial charge is 0.229 e. The molecule has 0 aliphatic carbocycles. The van der Waals surface area contributed by atoms with Crippen LogP contribution in [0.1, 0.15) is 5.56 Å². The third-order valence-corrected chi connectivity index (χ3v) is 3.44. The molecule has 0 saturated carbocycles. The molecule has 104 valence electrons. The number of nitrogens with zero attached hydrogens (tertiary/aromatic N) is 1. The Morgan fingerprint density at radius 3 is 2.84 bits per heavy atom. The number of amidine groups is 1. The number of nitrogens with one attached hydrogen (secondary N) is 2. The molecule has 1 heterocycles. The largest absolute Gasteiger partial charge is 0.372 e. The summed E-state index contributed by atoms with van der Waals surface area (Å²) in [6.07, 6.45) is 1.29. The predicted molar refractivity (Wildman–Crippen MR) is 73.9 cm³/mol. The molecule has 0 bridgehead atoms. The average molecular weight is 306 g/mol. The predicted octanol–water partition coefficient (Wildman–Crippen LogP) is 1.39. The molecule has 1 aliphatic heterocycles. The van der Waals surface area contributed by atoms with Crippen molar-refractivity contribution in [2.75, 3.05) is 24.1 Å². The lowest BCUT2D eigenvalue weighted by atomic mass is 10.1. The Morgan fingerprint density at radius 2 is 2.26 bits per heavy atom. The second-order valence-corrected chi connectivity index (χ2v) is 6.39. The highest BCUT2D eigenvalue weighted by molar-refractivity contribution is 7.92. The van der Waals surface area contributed by atoms with Crippen LogP contribution in [0.5, 0.6) is 0 Å². The summed E-state index contributed by atoms with van der Waals surface area (Å²) in [6, 6.07) is 2.49. The zero-order valence-electron chi connectivity index (χ0n) is 10.2. The van der Waals surface area contributed by atoms with E-state index in [2.05, 4.69) is 15.0 Å². The molecule has 8 heteroatoms. The van der Waals surface area contributed by atoms with Crippen LogP contribution < -0.4 is 10.0 Å². The van der Waals surface area contributed by atoms with Gasteiger partial charge in [-0.25, -0.2) is 12.8 Å². The maximum atomic E-state index is 13.9. The van der Waals surface area contributed by atoms with E-state index in [-0.39, 0.29) is 10.7 Å². The van der Waals surface area contributed by atoms with Crippen molar-refractivity contribution in [3.8, 4) is 0 Å². The molecule has 19 heavy (non-hydrogen) atoms. The van der Waals surface area contributed by atoms with Crippen LogP contribution >= 0.6 is 11.6 Å². The Labute approximate surface area is 115 Å². The minimum atomic E-state index is -3.49. The third-order valence-electron chi connectivity index (χ3n) is 2.53. The normalized spacial score (nSPS) is 15.0. The molecule has 1 aromatic rings. The summed E-state index contributed by atoms with van der Waals surface area (Å²) in [5.74, 6) is 0.186. The van der Waals surface area contributed by atoms with Crippen molar-refractivity contribution in [1.29, 1.82) is 0 Å². The third kappa shape index (κ3) is 3.81. The van der Waals surface area contributed by atoms with Crippen molar-refractivity contribution < 1.29 is 12.8 Å². The van der Waals surface area contributed by atoms with Crippen molar-refractivity contribution in [2.24, 2.45) is 4.99 Å². The Kier molecular flexibility index (Phi) is 3.96. The first-order valence-corrected chi connectivity index (χ1v) is 7.85. The van der Waals surface area contributed by atoms with Gasteiger partial charge in [0.15, 0.2) is 0 Å². The van der Waals surface area contributed by atoms with Gasteiger partial charge in [0.2, 0.25) is 10.0 Å². The fourth-order valence-corrected chi connectivity index (χ4v) is 2.61. The lowest BCUT2D eigenvalue weighted by Crippen LogP contribution is -2.21. The van der Waals surface area contributed by atoms with Crippen LogP contribution in [0.25, 0.3) is 0 Å². The topological polar surface area (TPSA) is 70.6 Å². The van der Waals surface area contributed by atoms with Crippen molar-refractivity contribution in [3.63, 3.8) is 0 Å². The van der Waals surface area contributed by atoms with E-state index < -0.39 is 15.8 Å². The van der Waals surface area contributed by atoms with E-state index in [0.717, 1.165) is 18.9 Å². The van der Waals surface area contributed by atoms with Crippen LogP contribution in [0, 0.1) is 5.82 Å². The molecule has 0 unspecified atom stereocenters. The first-order valence-electron chi connectivity index (χ1n) is 5.58. The zero-order chi connectivity index (χ0) is 14.0. The standard InChI is InChI=1S/C11H13ClFN3O2S/c1-19(17,18)16-10-6-9(13)7(4-8(10)12)5-11-14-2-3-15-11/h4,6,16H,2-3,5H2,1H3,(H,14,15). The first kappa shape index (κ1) is 14.1. The molecule has 1 aromatic carbocycles. The molecule has 0 aromatic heterocycles. The minimum Gasteiger partial charge on any atom is -0.372 e. The van der Waals surface area contributed by atoms with Crippen LogP contribution in [-0.2, 0) is 16.4 Å². The summed E-state index contributed by atoms with van der Waals surface area (Å²) in [4.78, 5) is 4.17. The maximum absolute atomic E-state index is 13.9. The summed E-state index contributed by atoms with van der Waals surface area (Å²) in [6.45, 7) is 1.43. The average Bonchev–Trinajstić information content (AvgIpc) is 2.76. The number of sulfonamides is 1. The molecule has 0 saturated heterocycles. The van der Waals surface area contributed by atoms with Gasteiger partial charge < -0.3 is 5.32 Å². The minimum absolute atomic E-state index is 0.0340. The monoisotopic (exact) mass is 305 g/mol. The van der Waals surface area contributed by atoms with Crippen LogP contribution in [0.2, 0.25) is 5.02 Å². The number of hydrogen-bond acceptors (Lipinski definition) is 4. The van der Waals surface area contributed by atoms with Gasteiger partial charge in [-0.05, 0) is 17.7 Å². The van der Waals surface area contributed by atoms with E-state index in [0.29, 0.717) is 24.4 Å². The first-order chi connectivity index (χ1) is 8.85. The summed E-state index contributed by atoms with van der Waals surface area (Å²) in [5.41, 5.74) is 0.406. The number of rotatable bonds is 4. The molecule has 1 aliphatic rings. The molecular weight excluding hydrogens is 293 g/mol. The molecule has 2 rings (SSSR count). The van der Waals surface area contributed by atoms with Crippen molar-refractivity contribution >= 4 is 33.1 Å². The molecule has 0 radical (unpaired) electrons. The fraction of sp³-hybridized carbons (Fsp3) is 0.364. The van der Waals surface area contributed by atoms with Gasteiger partial charge in [0.05, 0.1) is 23.5 Å². The summed E-state index contributed by atoms with van der Waals surface area (Å²) in [5, 5.41) is 3.19. The number of aliphatic imine (C=N–C) groups is 1. The zero-order valence-corrected chi connectivity index (χ0v) is 11.8. The van der Waals surface area contributed by atoms with Gasteiger partial charge >= 0.3 is 0 Å². The molecule has 0 amide bonds. The van der Waals surface area contributed by atoms with Crippen LogP contribution in [0.3, 0.4) is 0 Å². The number of hydrogen-bond donors (Lipinski definition) is 2. The van der Waals surface area contributed by atoms with Crippen molar-refractivity contribution in [1.82, 2.24) is 5.32 Å². The van der Waals surface area contributed by atoms with E-state index in [1.165, 1.54) is 6.07 Å². The van der Waals surface area contributed by atoms with E-state index in [9.17, 15) is 12.8 Å².